The van der Waals surface area contributed by atoms with Crippen molar-refractivity contribution in [1.29, 1.82) is 0 Å². The van der Waals surface area contributed by atoms with Gasteiger partial charge in [0.05, 0.1) is 6.20 Å². The van der Waals surface area contributed by atoms with Crippen LogP contribution >= 0.6 is 0 Å². The zero-order valence-electron chi connectivity index (χ0n) is 9.32. The van der Waals surface area contributed by atoms with E-state index in [0.717, 1.165) is 16.2 Å². The molecule has 1 fully saturated rings. The highest BCUT2D eigenvalue weighted by atomic mass is 16.2. The molecule has 0 saturated carbocycles. The third-order valence-electron chi connectivity index (χ3n) is 2.67. The summed E-state index contributed by atoms with van der Waals surface area (Å²) < 4.78 is 0. The van der Waals surface area contributed by atoms with Gasteiger partial charge in [-0.25, -0.2) is 4.79 Å². The monoisotopic (exact) mass is 236 g/mol. The van der Waals surface area contributed by atoms with Crippen LogP contribution in [0.1, 0.15) is 17.7 Å². The van der Waals surface area contributed by atoms with Crippen LogP contribution in [0.4, 0.5) is 4.79 Å². The van der Waals surface area contributed by atoms with Crippen molar-refractivity contribution in [3.63, 3.8) is 0 Å². The molecule has 1 aromatic rings. The number of aromatic amines is 1. The lowest BCUT2D eigenvalue weighted by atomic mass is 10.1. The normalized spacial score (nSPS) is 15.6. The van der Waals surface area contributed by atoms with E-state index in [-0.39, 0.29) is 6.54 Å². The Morgan fingerprint density at radius 3 is 2.65 bits per heavy atom. The van der Waals surface area contributed by atoms with Gasteiger partial charge in [0.1, 0.15) is 0 Å². The van der Waals surface area contributed by atoms with Crippen molar-refractivity contribution < 1.29 is 14.4 Å². The number of carbonyl (C=O) groups excluding carboxylic acids is 3. The van der Waals surface area contributed by atoms with E-state index in [0.29, 0.717) is 12.8 Å². The summed E-state index contributed by atoms with van der Waals surface area (Å²) in [7, 11) is 0. The van der Waals surface area contributed by atoms with Gasteiger partial charge in [0.15, 0.2) is 0 Å². The van der Waals surface area contributed by atoms with Gasteiger partial charge in [-0.05, 0) is 25.3 Å². The molecule has 1 saturated heterocycles. The molecule has 1 aromatic heterocycles. The Balaban J connectivity index is 1.87. The Hall–Kier alpha value is -2.18. The van der Waals surface area contributed by atoms with Gasteiger partial charge in [0.2, 0.25) is 0 Å². The largest absolute Gasteiger partial charge is 0.331 e. The Labute approximate surface area is 97.2 Å². The summed E-state index contributed by atoms with van der Waals surface area (Å²) in [5, 5.41) is 8.63. The van der Waals surface area contributed by atoms with Crippen LogP contribution in [0.25, 0.3) is 0 Å². The summed E-state index contributed by atoms with van der Waals surface area (Å²) in [4.78, 5) is 34.3. The minimum Gasteiger partial charge on any atom is -0.283 e. The number of H-pyrrole nitrogens is 1. The molecule has 2 rings (SSSR count). The molecule has 90 valence electrons. The maximum absolute atomic E-state index is 11.2. The molecule has 0 bridgehead atoms. The molecule has 7 nitrogen and oxygen atoms in total. The molecule has 0 aliphatic carbocycles. The van der Waals surface area contributed by atoms with Crippen LogP contribution in [-0.2, 0) is 16.0 Å². The molecule has 7 heteroatoms. The number of aromatic nitrogens is 2. The van der Waals surface area contributed by atoms with Crippen LogP contribution in [0.5, 0.6) is 0 Å². The summed E-state index contributed by atoms with van der Waals surface area (Å²) in [5.41, 5.74) is 2.02. The molecule has 0 radical (unpaired) electrons. The number of nitrogens with one attached hydrogen (secondary N) is 2. The van der Waals surface area contributed by atoms with Crippen LogP contribution in [0, 0.1) is 6.92 Å². The Kier molecular flexibility index (Phi) is 2.90. The molecule has 0 spiro atoms. The van der Waals surface area contributed by atoms with E-state index in [9.17, 15) is 14.4 Å². The van der Waals surface area contributed by atoms with Gasteiger partial charge < -0.3 is 0 Å². The molecule has 4 amide bonds. The first-order chi connectivity index (χ1) is 8.09. The number of hydrogen-bond donors (Lipinski definition) is 2. The number of amides is 4. The highest BCUT2D eigenvalue weighted by Crippen LogP contribution is 2.08. The predicted molar refractivity (Wildman–Crippen MR) is 56.9 cm³/mol. The topological polar surface area (TPSA) is 95.2 Å². The summed E-state index contributed by atoms with van der Waals surface area (Å²) >= 11 is 0. The summed E-state index contributed by atoms with van der Waals surface area (Å²) in [6.07, 6.45) is 3.02. The Bertz CT molecular complexity index is 480. The SMILES string of the molecule is Cc1[nH]ncc1CCCN1C(=O)NC(=O)C1=O. The van der Waals surface area contributed by atoms with E-state index in [1.165, 1.54) is 0 Å². The molecule has 0 atom stereocenters. The lowest BCUT2D eigenvalue weighted by Crippen LogP contribution is -2.32. The molecule has 1 aliphatic rings. The maximum Gasteiger partial charge on any atom is 0.331 e. The van der Waals surface area contributed by atoms with Crippen molar-refractivity contribution in [2.24, 2.45) is 0 Å². The summed E-state index contributed by atoms with van der Waals surface area (Å²) in [6, 6.07) is -0.635. The van der Waals surface area contributed by atoms with Gasteiger partial charge in [0, 0.05) is 12.2 Å². The van der Waals surface area contributed by atoms with E-state index in [1.54, 1.807) is 6.20 Å². The van der Waals surface area contributed by atoms with Crippen molar-refractivity contribution in [3.8, 4) is 0 Å². The second-order valence-electron chi connectivity index (χ2n) is 3.84. The van der Waals surface area contributed by atoms with Gasteiger partial charge in [-0.3, -0.25) is 24.9 Å². The van der Waals surface area contributed by atoms with E-state index in [1.807, 2.05) is 12.2 Å². The standard InChI is InChI=1S/C10H12N4O3/c1-6-7(5-11-13-6)3-2-4-14-9(16)8(15)12-10(14)17/h5H,2-4H2,1H3,(H,11,13)(H,12,15,17). The highest BCUT2D eigenvalue weighted by Gasteiger charge is 2.36. The van der Waals surface area contributed by atoms with Crippen molar-refractivity contribution in [2.75, 3.05) is 6.54 Å². The lowest BCUT2D eigenvalue weighted by molar-refractivity contribution is -0.140. The van der Waals surface area contributed by atoms with Gasteiger partial charge in [-0.1, -0.05) is 0 Å². The lowest BCUT2D eigenvalue weighted by Gasteiger charge is -2.10. The average Bonchev–Trinajstić information content (AvgIpc) is 2.78. The molecule has 0 aromatic carbocycles. The van der Waals surface area contributed by atoms with Crippen LogP contribution in [0.2, 0.25) is 0 Å². The molecule has 17 heavy (non-hydrogen) atoms. The smallest absolute Gasteiger partial charge is 0.283 e. The molecule has 2 heterocycles. The first kappa shape index (κ1) is 11.3. The van der Waals surface area contributed by atoms with Gasteiger partial charge in [0.25, 0.3) is 0 Å². The van der Waals surface area contributed by atoms with Crippen LogP contribution in [0.3, 0.4) is 0 Å². The number of imide groups is 2. The molecule has 2 N–H and O–H groups in total. The fourth-order valence-electron chi connectivity index (χ4n) is 1.69. The van der Waals surface area contributed by atoms with Crippen LogP contribution in [-0.4, -0.2) is 39.5 Å². The van der Waals surface area contributed by atoms with Crippen LogP contribution < -0.4 is 5.32 Å². The quantitative estimate of drug-likeness (QED) is 0.555. The third kappa shape index (κ3) is 2.17. The number of aryl methyl sites for hydroxylation is 2. The highest BCUT2D eigenvalue weighted by molar-refractivity contribution is 6.44. The zero-order valence-corrected chi connectivity index (χ0v) is 9.32. The minimum atomic E-state index is -0.852. The van der Waals surface area contributed by atoms with Gasteiger partial charge >= 0.3 is 17.8 Å². The average molecular weight is 236 g/mol. The van der Waals surface area contributed by atoms with Crippen molar-refractivity contribution >= 4 is 17.8 Å². The second-order valence-corrected chi connectivity index (χ2v) is 3.84. The Morgan fingerprint density at radius 1 is 1.35 bits per heavy atom. The summed E-state index contributed by atoms with van der Waals surface area (Å²) in [6.45, 7) is 2.14. The molecule has 0 unspecified atom stereocenters. The van der Waals surface area contributed by atoms with Crippen LogP contribution in [0.15, 0.2) is 6.20 Å². The number of carbonyl (C=O) groups is 3. The fourth-order valence-corrected chi connectivity index (χ4v) is 1.69. The first-order valence-electron chi connectivity index (χ1n) is 5.25. The molecular weight excluding hydrogens is 224 g/mol. The van der Waals surface area contributed by atoms with Crippen molar-refractivity contribution in [2.45, 2.75) is 19.8 Å². The summed E-state index contributed by atoms with van der Waals surface area (Å²) in [5.74, 6) is -1.63. The number of hydrogen-bond acceptors (Lipinski definition) is 4. The van der Waals surface area contributed by atoms with Gasteiger partial charge in [-0.2, -0.15) is 5.10 Å². The van der Waals surface area contributed by atoms with E-state index in [2.05, 4.69) is 10.2 Å². The predicted octanol–water partition coefficient (Wildman–Crippen LogP) is -0.271. The maximum atomic E-state index is 11.2. The molecule has 1 aliphatic heterocycles. The number of rotatable bonds is 4. The van der Waals surface area contributed by atoms with E-state index in [4.69, 9.17) is 0 Å². The first-order valence-corrected chi connectivity index (χ1v) is 5.25. The van der Waals surface area contributed by atoms with E-state index >= 15 is 0 Å². The van der Waals surface area contributed by atoms with E-state index < -0.39 is 17.8 Å². The number of urea groups is 1. The van der Waals surface area contributed by atoms with Crippen molar-refractivity contribution in [1.82, 2.24) is 20.4 Å². The third-order valence-corrected chi connectivity index (χ3v) is 2.67. The zero-order chi connectivity index (χ0) is 12.4. The number of nitrogens with zero attached hydrogens (tertiary/aromatic N) is 2. The minimum absolute atomic E-state index is 0.237. The second kappa shape index (κ2) is 4.36. The molecular formula is C10H12N4O3. The van der Waals surface area contributed by atoms with Crippen molar-refractivity contribution in [3.05, 3.63) is 17.5 Å². The Morgan fingerprint density at radius 2 is 2.12 bits per heavy atom. The fraction of sp³-hybridized carbons (Fsp3) is 0.400. The van der Waals surface area contributed by atoms with Gasteiger partial charge in [-0.15, -0.1) is 0 Å².